The first-order valence-electron chi connectivity index (χ1n) is 3.58. The van der Waals surface area contributed by atoms with Gasteiger partial charge < -0.3 is 10.8 Å². The smallest absolute Gasteiger partial charge is 0.202 e. The Balaban J connectivity index is 3.40. The standard InChI is InChI=1S/C8H6BrF2NO2/c9-4-1-3(5(13)2-12)6(10)7(11)8(4)14/h1,14H,2,12H2. The van der Waals surface area contributed by atoms with Crippen LogP contribution < -0.4 is 5.73 Å². The molecule has 0 fully saturated rings. The van der Waals surface area contributed by atoms with Crippen molar-refractivity contribution < 1.29 is 18.7 Å². The summed E-state index contributed by atoms with van der Waals surface area (Å²) in [6, 6.07) is 0.989. The van der Waals surface area contributed by atoms with Crippen molar-refractivity contribution in [1.29, 1.82) is 0 Å². The van der Waals surface area contributed by atoms with E-state index < -0.39 is 35.3 Å². The lowest BCUT2D eigenvalue weighted by Crippen LogP contribution is -2.15. The number of nitrogens with two attached hydrogens (primary N) is 1. The summed E-state index contributed by atoms with van der Waals surface area (Å²) < 4.78 is 25.9. The van der Waals surface area contributed by atoms with Crippen molar-refractivity contribution in [3.63, 3.8) is 0 Å². The van der Waals surface area contributed by atoms with E-state index in [9.17, 15) is 13.6 Å². The topological polar surface area (TPSA) is 63.3 Å². The summed E-state index contributed by atoms with van der Waals surface area (Å²) in [5, 5.41) is 8.96. The van der Waals surface area contributed by atoms with E-state index in [0.29, 0.717) is 0 Å². The van der Waals surface area contributed by atoms with Crippen molar-refractivity contribution in [3.05, 3.63) is 27.7 Å². The largest absolute Gasteiger partial charge is 0.504 e. The fourth-order valence-electron chi connectivity index (χ4n) is 0.898. The third kappa shape index (κ3) is 1.76. The molecule has 76 valence electrons. The third-order valence-corrected chi connectivity index (χ3v) is 2.22. The van der Waals surface area contributed by atoms with Crippen LogP contribution in [0.15, 0.2) is 10.5 Å². The van der Waals surface area contributed by atoms with Gasteiger partial charge in [-0.05, 0) is 22.0 Å². The van der Waals surface area contributed by atoms with E-state index in [1.165, 1.54) is 0 Å². The van der Waals surface area contributed by atoms with Crippen LogP contribution in [0.25, 0.3) is 0 Å². The highest BCUT2D eigenvalue weighted by molar-refractivity contribution is 9.10. The van der Waals surface area contributed by atoms with Crippen LogP contribution >= 0.6 is 15.9 Å². The Kier molecular flexibility index (Phi) is 3.17. The van der Waals surface area contributed by atoms with Gasteiger partial charge in [0.1, 0.15) is 0 Å². The summed E-state index contributed by atoms with van der Waals surface area (Å²) in [4.78, 5) is 11.0. The second-order valence-electron chi connectivity index (χ2n) is 2.51. The number of Topliss-reactive ketones (excluding diaryl/α,β-unsaturated/α-hetero) is 1. The van der Waals surface area contributed by atoms with E-state index in [0.717, 1.165) is 6.07 Å². The summed E-state index contributed by atoms with van der Waals surface area (Å²) in [5.41, 5.74) is 4.52. The molecule has 0 aromatic heterocycles. The minimum atomic E-state index is -1.46. The van der Waals surface area contributed by atoms with E-state index in [2.05, 4.69) is 15.9 Å². The fourth-order valence-corrected chi connectivity index (χ4v) is 1.30. The van der Waals surface area contributed by atoms with Gasteiger partial charge in [0.25, 0.3) is 0 Å². The monoisotopic (exact) mass is 265 g/mol. The molecule has 0 spiro atoms. The number of benzene rings is 1. The predicted octanol–water partition coefficient (Wildman–Crippen LogP) is 1.57. The van der Waals surface area contributed by atoms with E-state index in [-0.39, 0.29) is 4.47 Å². The molecule has 0 saturated heterocycles. The molecule has 0 aliphatic carbocycles. The molecular formula is C8H6BrF2NO2. The highest BCUT2D eigenvalue weighted by Gasteiger charge is 2.20. The Morgan fingerprint density at radius 2 is 2.07 bits per heavy atom. The molecule has 0 heterocycles. The summed E-state index contributed by atoms with van der Waals surface area (Å²) >= 11 is 2.78. The predicted molar refractivity (Wildman–Crippen MR) is 49.1 cm³/mol. The first-order valence-corrected chi connectivity index (χ1v) is 4.38. The number of carbonyl (C=O) groups is 1. The molecule has 1 rings (SSSR count). The van der Waals surface area contributed by atoms with E-state index in [1.54, 1.807) is 0 Å². The van der Waals surface area contributed by atoms with Crippen molar-refractivity contribution in [2.75, 3.05) is 6.54 Å². The maximum atomic E-state index is 13.0. The maximum Gasteiger partial charge on any atom is 0.202 e. The number of phenols is 1. The van der Waals surface area contributed by atoms with Crippen LogP contribution in [0.2, 0.25) is 0 Å². The minimum Gasteiger partial charge on any atom is -0.504 e. The number of ketones is 1. The molecule has 0 atom stereocenters. The normalized spacial score (nSPS) is 10.3. The van der Waals surface area contributed by atoms with Gasteiger partial charge in [-0.2, -0.15) is 4.39 Å². The van der Waals surface area contributed by atoms with Crippen LogP contribution in [0.4, 0.5) is 8.78 Å². The number of rotatable bonds is 2. The molecule has 3 nitrogen and oxygen atoms in total. The fraction of sp³-hybridized carbons (Fsp3) is 0.125. The molecule has 0 aliphatic rings. The van der Waals surface area contributed by atoms with Crippen molar-refractivity contribution in [1.82, 2.24) is 0 Å². The number of phenolic OH excluding ortho intramolecular Hbond substituents is 1. The Bertz CT molecular complexity index is 395. The molecule has 0 unspecified atom stereocenters. The highest BCUT2D eigenvalue weighted by atomic mass is 79.9. The van der Waals surface area contributed by atoms with Gasteiger partial charge in [-0.15, -0.1) is 0 Å². The van der Waals surface area contributed by atoms with Gasteiger partial charge >= 0.3 is 0 Å². The van der Waals surface area contributed by atoms with Crippen LogP contribution in [0.5, 0.6) is 5.75 Å². The summed E-state index contributed by atoms with van der Waals surface area (Å²) in [6.45, 7) is -0.423. The lowest BCUT2D eigenvalue weighted by Gasteiger charge is -2.05. The number of aromatic hydroxyl groups is 1. The zero-order valence-corrected chi connectivity index (χ0v) is 8.44. The van der Waals surface area contributed by atoms with E-state index >= 15 is 0 Å². The van der Waals surface area contributed by atoms with Crippen LogP contribution in [-0.2, 0) is 0 Å². The van der Waals surface area contributed by atoms with Crippen molar-refractivity contribution >= 4 is 21.7 Å². The van der Waals surface area contributed by atoms with Gasteiger partial charge in [0.15, 0.2) is 17.3 Å². The quantitative estimate of drug-likeness (QED) is 0.631. The van der Waals surface area contributed by atoms with Gasteiger partial charge in [0.2, 0.25) is 5.82 Å². The first kappa shape index (κ1) is 11.1. The third-order valence-electron chi connectivity index (χ3n) is 1.62. The molecule has 1 aromatic carbocycles. The van der Waals surface area contributed by atoms with Gasteiger partial charge in [-0.1, -0.05) is 0 Å². The van der Waals surface area contributed by atoms with Gasteiger partial charge in [0, 0.05) is 0 Å². The molecule has 0 saturated carbocycles. The average molecular weight is 266 g/mol. The van der Waals surface area contributed by atoms with Gasteiger partial charge in [-0.25, -0.2) is 4.39 Å². The average Bonchev–Trinajstić information content (AvgIpc) is 2.19. The summed E-state index contributed by atoms with van der Waals surface area (Å²) in [7, 11) is 0. The molecule has 1 aromatic rings. The van der Waals surface area contributed by atoms with Gasteiger partial charge in [0.05, 0.1) is 16.6 Å². The van der Waals surface area contributed by atoms with Gasteiger partial charge in [-0.3, -0.25) is 4.79 Å². The first-order chi connectivity index (χ1) is 6.49. The molecule has 0 bridgehead atoms. The molecular weight excluding hydrogens is 260 g/mol. The molecule has 0 amide bonds. The van der Waals surface area contributed by atoms with Crippen LogP contribution in [0.1, 0.15) is 10.4 Å². The van der Waals surface area contributed by atoms with E-state index in [4.69, 9.17) is 10.8 Å². The maximum absolute atomic E-state index is 13.0. The molecule has 6 heteroatoms. The Morgan fingerprint density at radius 1 is 1.50 bits per heavy atom. The lowest BCUT2D eigenvalue weighted by molar-refractivity contribution is 0.0996. The number of halogens is 3. The van der Waals surface area contributed by atoms with E-state index in [1.807, 2.05) is 0 Å². The lowest BCUT2D eigenvalue weighted by atomic mass is 10.1. The number of carbonyl (C=O) groups excluding carboxylic acids is 1. The molecule has 0 aliphatic heterocycles. The second kappa shape index (κ2) is 4.02. The number of hydrogen-bond donors (Lipinski definition) is 2. The Morgan fingerprint density at radius 3 is 2.57 bits per heavy atom. The zero-order chi connectivity index (χ0) is 10.9. The zero-order valence-electron chi connectivity index (χ0n) is 6.85. The summed E-state index contributed by atoms with van der Waals surface area (Å²) in [6.07, 6.45) is 0. The van der Waals surface area contributed by atoms with Crippen molar-refractivity contribution in [2.45, 2.75) is 0 Å². The molecule has 0 radical (unpaired) electrons. The Labute approximate surface area is 86.7 Å². The minimum absolute atomic E-state index is 0.0896. The van der Waals surface area contributed by atoms with Crippen molar-refractivity contribution in [3.8, 4) is 5.75 Å². The molecule has 14 heavy (non-hydrogen) atoms. The highest BCUT2D eigenvalue weighted by Crippen LogP contribution is 2.30. The van der Waals surface area contributed by atoms with Crippen LogP contribution in [0, 0.1) is 11.6 Å². The van der Waals surface area contributed by atoms with Crippen LogP contribution in [-0.4, -0.2) is 17.4 Å². The van der Waals surface area contributed by atoms with Crippen LogP contribution in [0.3, 0.4) is 0 Å². The van der Waals surface area contributed by atoms with Crippen molar-refractivity contribution in [2.24, 2.45) is 5.73 Å². The molecule has 3 N–H and O–H groups in total. The Hall–Kier alpha value is -1.01. The summed E-state index contributed by atoms with van der Waals surface area (Å²) in [5.74, 6) is -4.45. The second-order valence-corrected chi connectivity index (χ2v) is 3.36. The SMILES string of the molecule is NCC(=O)c1cc(Br)c(O)c(F)c1F. The number of hydrogen-bond acceptors (Lipinski definition) is 3.